The lowest BCUT2D eigenvalue weighted by atomic mass is 10.1. The van der Waals surface area contributed by atoms with Crippen LogP contribution in [0.15, 0.2) is 0 Å². The van der Waals surface area contributed by atoms with E-state index >= 15 is 0 Å². The Morgan fingerprint density at radius 2 is 1.89 bits per heavy atom. The van der Waals surface area contributed by atoms with Crippen molar-refractivity contribution in [1.82, 2.24) is 9.21 Å². The molecule has 0 atom stereocenters. The van der Waals surface area contributed by atoms with Crippen molar-refractivity contribution in [2.75, 3.05) is 39.0 Å². The smallest absolute Gasteiger partial charge is 0.213 e. The number of aliphatic hydroxyl groups is 1. The van der Waals surface area contributed by atoms with Crippen LogP contribution in [0, 0.1) is 0 Å². The fourth-order valence-electron chi connectivity index (χ4n) is 2.38. The van der Waals surface area contributed by atoms with Crippen molar-refractivity contribution in [2.45, 2.75) is 38.6 Å². The summed E-state index contributed by atoms with van der Waals surface area (Å²) in [7, 11) is -1.36. The summed E-state index contributed by atoms with van der Waals surface area (Å²) in [5.74, 6) is 0.181. The summed E-state index contributed by atoms with van der Waals surface area (Å²) in [5, 5.41) is 8.74. The topological polar surface area (TPSA) is 60.9 Å². The van der Waals surface area contributed by atoms with Gasteiger partial charge in [0.15, 0.2) is 0 Å². The van der Waals surface area contributed by atoms with Gasteiger partial charge in [-0.05, 0) is 52.2 Å². The van der Waals surface area contributed by atoms with Crippen LogP contribution in [0.3, 0.4) is 0 Å². The molecule has 1 aliphatic heterocycles. The SMILES string of the molecule is CCS(=O)(=O)N(C)C1CCN(CCCCO)CC1. The van der Waals surface area contributed by atoms with Gasteiger partial charge in [-0.25, -0.2) is 12.7 Å². The number of hydrogen-bond donors (Lipinski definition) is 1. The van der Waals surface area contributed by atoms with E-state index in [9.17, 15) is 8.42 Å². The van der Waals surface area contributed by atoms with Crippen LogP contribution < -0.4 is 0 Å². The van der Waals surface area contributed by atoms with Crippen molar-refractivity contribution < 1.29 is 13.5 Å². The number of rotatable bonds is 7. The monoisotopic (exact) mass is 278 g/mol. The Balaban J connectivity index is 2.35. The van der Waals surface area contributed by atoms with Crippen molar-refractivity contribution >= 4 is 10.0 Å². The van der Waals surface area contributed by atoms with Crippen molar-refractivity contribution in [3.05, 3.63) is 0 Å². The first-order valence-corrected chi connectivity index (χ1v) is 8.41. The molecule has 0 amide bonds. The molecule has 0 aromatic rings. The van der Waals surface area contributed by atoms with Crippen molar-refractivity contribution in [3.8, 4) is 0 Å². The summed E-state index contributed by atoms with van der Waals surface area (Å²) in [5.41, 5.74) is 0. The zero-order valence-electron chi connectivity index (χ0n) is 11.5. The fourth-order valence-corrected chi connectivity index (χ4v) is 3.46. The predicted molar refractivity (Wildman–Crippen MR) is 73.0 cm³/mol. The Morgan fingerprint density at radius 3 is 2.39 bits per heavy atom. The molecule has 1 saturated heterocycles. The van der Waals surface area contributed by atoms with Crippen LogP contribution in [-0.4, -0.2) is 67.8 Å². The maximum atomic E-state index is 11.8. The number of likely N-dealkylation sites (tertiary alicyclic amines) is 1. The van der Waals surface area contributed by atoms with E-state index in [1.807, 2.05) is 0 Å². The highest BCUT2D eigenvalue weighted by atomic mass is 32.2. The van der Waals surface area contributed by atoms with E-state index in [1.165, 1.54) is 0 Å². The van der Waals surface area contributed by atoms with Crippen molar-refractivity contribution in [1.29, 1.82) is 0 Å². The third-order valence-corrected chi connectivity index (χ3v) is 5.66. The first kappa shape index (κ1) is 15.9. The van der Waals surface area contributed by atoms with Gasteiger partial charge in [0, 0.05) is 19.7 Å². The van der Waals surface area contributed by atoms with Crippen LogP contribution in [-0.2, 0) is 10.0 Å². The molecule has 108 valence electrons. The molecule has 0 saturated carbocycles. The maximum absolute atomic E-state index is 11.8. The number of unbranched alkanes of at least 4 members (excludes halogenated alkanes) is 1. The second-order valence-corrected chi connectivity index (χ2v) is 7.24. The highest BCUT2D eigenvalue weighted by molar-refractivity contribution is 7.89. The lowest BCUT2D eigenvalue weighted by Gasteiger charge is -2.36. The van der Waals surface area contributed by atoms with Crippen molar-refractivity contribution in [3.63, 3.8) is 0 Å². The average Bonchev–Trinajstić information content (AvgIpc) is 2.39. The van der Waals surface area contributed by atoms with Gasteiger partial charge in [-0.3, -0.25) is 0 Å². The van der Waals surface area contributed by atoms with Gasteiger partial charge in [0.1, 0.15) is 0 Å². The van der Waals surface area contributed by atoms with Gasteiger partial charge in [-0.1, -0.05) is 0 Å². The van der Waals surface area contributed by atoms with E-state index in [-0.39, 0.29) is 18.4 Å². The Bertz CT molecular complexity index is 324. The molecule has 1 aliphatic rings. The third kappa shape index (κ3) is 4.50. The Hall–Kier alpha value is -0.170. The average molecular weight is 278 g/mol. The molecule has 0 radical (unpaired) electrons. The molecule has 0 aromatic heterocycles. The molecule has 6 heteroatoms. The van der Waals surface area contributed by atoms with Crippen LogP contribution in [0.2, 0.25) is 0 Å². The minimum atomic E-state index is -3.05. The standard InChI is InChI=1S/C12H26N2O3S/c1-3-18(16,17)13(2)12-6-9-14(10-7-12)8-4-5-11-15/h12,15H,3-11H2,1-2H3. The molecular formula is C12H26N2O3S. The predicted octanol–water partition coefficient (Wildman–Crippen LogP) is 0.505. The van der Waals surface area contributed by atoms with E-state index in [0.717, 1.165) is 45.3 Å². The van der Waals surface area contributed by atoms with E-state index < -0.39 is 10.0 Å². The molecule has 0 aromatic carbocycles. The number of hydrogen-bond acceptors (Lipinski definition) is 4. The number of sulfonamides is 1. The summed E-state index contributed by atoms with van der Waals surface area (Å²) >= 11 is 0. The van der Waals surface area contributed by atoms with Gasteiger partial charge in [0.2, 0.25) is 10.0 Å². The zero-order valence-corrected chi connectivity index (χ0v) is 12.3. The molecule has 1 rings (SSSR count). The Labute approximate surface area is 111 Å². The highest BCUT2D eigenvalue weighted by Gasteiger charge is 2.28. The number of nitrogens with zero attached hydrogens (tertiary/aromatic N) is 2. The van der Waals surface area contributed by atoms with Crippen molar-refractivity contribution in [2.24, 2.45) is 0 Å². The van der Waals surface area contributed by atoms with Gasteiger partial charge < -0.3 is 10.0 Å². The molecule has 5 nitrogen and oxygen atoms in total. The summed E-state index contributed by atoms with van der Waals surface area (Å²) in [6.07, 6.45) is 3.69. The van der Waals surface area contributed by atoms with Gasteiger partial charge >= 0.3 is 0 Å². The third-order valence-electron chi connectivity index (χ3n) is 3.76. The second-order valence-electron chi connectivity index (χ2n) is 4.92. The minimum absolute atomic E-state index is 0.157. The number of aliphatic hydroxyl groups excluding tert-OH is 1. The molecule has 1 N–H and O–H groups in total. The lowest BCUT2D eigenvalue weighted by molar-refractivity contribution is 0.164. The van der Waals surface area contributed by atoms with Gasteiger partial charge in [0.05, 0.1) is 5.75 Å². The summed E-state index contributed by atoms with van der Waals surface area (Å²) in [6.45, 7) is 4.88. The number of piperidine rings is 1. The van der Waals surface area contributed by atoms with Gasteiger partial charge in [-0.2, -0.15) is 0 Å². The summed E-state index contributed by atoms with van der Waals surface area (Å²) in [4.78, 5) is 2.36. The molecule has 0 bridgehead atoms. The quantitative estimate of drug-likeness (QED) is 0.689. The molecule has 0 aliphatic carbocycles. The van der Waals surface area contributed by atoms with E-state index in [1.54, 1.807) is 18.3 Å². The summed E-state index contributed by atoms with van der Waals surface area (Å²) < 4.78 is 25.1. The maximum Gasteiger partial charge on any atom is 0.213 e. The van der Waals surface area contributed by atoms with Gasteiger partial charge in [-0.15, -0.1) is 0 Å². The van der Waals surface area contributed by atoms with Crippen LogP contribution in [0.25, 0.3) is 0 Å². The molecule has 0 unspecified atom stereocenters. The van der Waals surface area contributed by atoms with Crippen LogP contribution in [0.5, 0.6) is 0 Å². The molecule has 18 heavy (non-hydrogen) atoms. The Kier molecular flexibility index (Phi) is 6.55. The first-order valence-electron chi connectivity index (χ1n) is 6.80. The van der Waals surface area contributed by atoms with Crippen LogP contribution >= 0.6 is 0 Å². The second kappa shape index (κ2) is 7.43. The Morgan fingerprint density at radius 1 is 1.28 bits per heavy atom. The van der Waals surface area contributed by atoms with Crippen LogP contribution in [0.1, 0.15) is 32.6 Å². The normalized spacial score (nSPS) is 19.6. The lowest BCUT2D eigenvalue weighted by Crippen LogP contribution is -2.46. The molecule has 1 heterocycles. The minimum Gasteiger partial charge on any atom is -0.396 e. The van der Waals surface area contributed by atoms with E-state index in [0.29, 0.717) is 0 Å². The molecular weight excluding hydrogens is 252 g/mol. The van der Waals surface area contributed by atoms with E-state index in [4.69, 9.17) is 5.11 Å². The van der Waals surface area contributed by atoms with Gasteiger partial charge in [0.25, 0.3) is 0 Å². The molecule has 1 fully saturated rings. The highest BCUT2D eigenvalue weighted by Crippen LogP contribution is 2.18. The summed E-state index contributed by atoms with van der Waals surface area (Å²) in [6, 6.07) is 0.157. The zero-order chi connectivity index (χ0) is 13.6. The van der Waals surface area contributed by atoms with E-state index in [2.05, 4.69) is 4.90 Å². The fraction of sp³-hybridized carbons (Fsp3) is 1.00. The molecule has 0 spiro atoms. The van der Waals surface area contributed by atoms with Crippen LogP contribution in [0.4, 0.5) is 0 Å². The first-order chi connectivity index (χ1) is 8.51. The largest absolute Gasteiger partial charge is 0.396 e.